The van der Waals surface area contributed by atoms with Crippen molar-refractivity contribution in [2.45, 2.75) is 38.6 Å². The molecule has 2 aliphatic rings. The number of aromatic nitrogens is 2. The summed E-state index contributed by atoms with van der Waals surface area (Å²) in [6.45, 7) is 4.20. The Morgan fingerprint density at radius 1 is 1.15 bits per heavy atom. The second-order valence-electron chi connectivity index (χ2n) is 6.66. The molecule has 4 rings (SSSR count). The van der Waals surface area contributed by atoms with Crippen molar-refractivity contribution in [1.82, 2.24) is 15.3 Å². The number of aryl methyl sites for hydroxylation is 1. The molecule has 7 nitrogen and oxygen atoms in total. The summed E-state index contributed by atoms with van der Waals surface area (Å²) in [5.41, 5.74) is 2.92. The third-order valence-corrected chi connectivity index (χ3v) is 4.77. The second-order valence-corrected chi connectivity index (χ2v) is 6.66. The van der Waals surface area contributed by atoms with Gasteiger partial charge in [-0.15, -0.1) is 0 Å². The lowest BCUT2D eigenvalue weighted by Crippen LogP contribution is -2.52. The van der Waals surface area contributed by atoms with Gasteiger partial charge in [0.15, 0.2) is 0 Å². The van der Waals surface area contributed by atoms with Crippen LogP contribution in [0.25, 0.3) is 0 Å². The monoisotopic (exact) mass is 354 g/mol. The summed E-state index contributed by atoms with van der Waals surface area (Å²) in [6.07, 6.45) is 2.47. The molecular weight excluding hydrogens is 332 g/mol. The standard InChI is InChI=1S/C19H22N4O3/c1-12-20-6-4-18(21-12)22-17-11-25-7-5-16(17)23-19(24)13-2-3-14-9-26-10-15(14)8-13/h2-4,6,8,16-17H,5,7,9-11H2,1H3,(H,23,24)(H,20,21,22)/t16-,17+/m0/s1. The molecule has 26 heavy (non-hydrogen) atoms. The van der Waals surface area contributed by atoms with E-state index in [0.29, 0.717) is 37.8 Å². The molecule has 2 aliphatic heterocycles. The molecule has 136 valence electrons. The van der Waals surface area contributed by atoms with Crippen molar-refractivity contribution in [2.24, 2.45) is 0 Å². The van der Waals surface area contributed by atoms with Crippen LogP contribution in [0.15, 0.2) is 30.5 Å². The topological polar surface area (TPSA) is 85.4 Å². The van der Waals surface area contributed by atoms with E-state index < -0.39 is 0 Å². The molecule has 2 N–H and O–H groups in total. The van der Waals surface area contributed by atoms with E-state index in [2.05, 4.69) is 20.6 Å². The van der Waals surface area contributed by atoms with Crippen molar-refractivity contribution in [3.63, 3.8) is 0 Å². The minimum atomic E-state index is -0.0720. The zero-order chi connectivity index (χ0) is 17.9. The third kappa shape index (κ3) is 3.68. The van der Waals surface area contributed by atoms with Crippen LogP contribution in [0.3, 0.4) is 0 Å². The van der Waals surface area contributed by atoms with E-state index >= 15 is 0 Å². The molecule has 1 fully saturated rings. The number of carbonyl (C=O) groups excluding carboxylic acids is 1. The largest absolute Gasteiger partial charge is 0.379 e. The van der Waals surface area contributed by atoms with Gasteiger partial charge < -0.3 is 20.1 Å². The Kier molecular flexibility index (Phi) is 4.81. The van der Waals surface area contributed by atoms with Crippen molar-refractivity contribution < 1.29 is 14.3 Å². The molecule has 0 bridgehead atoms. The van der Waals surface area contributed by atoms with Gasteiger partial charge in [0.05, 0.1) is 31.9 Å². The van der Waals surface area contributed by atoms with Crippen LogP contribution in [-0.4, -0.2) is 41.2 Å². The molecule has 0 aliphatic carbocycles. The first-order valence-corrected chi connectivity index (χ1v) is 8.83. The lowest BCUT2D eigenvalue weighted by Gasteiger charge is -2.33. The quantitative estimate of drug-likeness (QED) is 0.871. The number of carbonyl (C=O) groups is 1. The molecule has 0 radical (unpaired) electrons. The van der Waals surface area contributed by atoms with Crippen LogP contribution in [0.4, 0.5) is 5.82 Å². The van der Waals surface area contributed by atoms with Gasteiger partial charge >= 0.3 is 0 Å². The van der Waals surface area contributed by atoms with Crippen LogP contribution < -0.4 is 10.6 Å². The summed E-state index contributed by atoms with van der Waals surface area (Å²) in [7, 11) is 0. The summed E-state index contributed by atoms with van der Waals surface area (Å²) < 4.78 is 11.0. The van der Waals surface area contributed by atoms with Gasteiger partial charge in [-0.3, -0.25) is 4.79 Å². The highest BCUT2D eigenvalue weighted by molar-refractivity contribution is 5.94. The number of rotatable bonds is 4. The Balaban J connectivity index is 1.45. The highest BCUT2D eigenvalue weighted by atomic mass is 16.5. The number of hydrogen-bond acceptors (Lipinski definition) is 6. The van der Waals surface area contributed by atoms with Crippen molar-refractivity contribution in [3.8, 4) is 0 Å². The van der Waals surface area contributed by atoms with E-state index in [1.54, 1.807) is 6.20 Å². The maximum Gasteiger partial charge on any atom is 0.251 e. The van der Waals surface area contributed by atoms with Gasteiger partial charge in [0.25, 0.3) is 5.91 Å². The van der Waals surface area contributed by atoms with Gasteiger partial charge in [-0.2, -0.15) is 0 Å². The van der Waals surface area contributed by atoms with Gasteiger partial charge in [0.1, 0.15) is 11.6 Å². The van der Waals surface area contributed by atoms with Crippen LogP contribution >= 0.6 is 0 Å². The highest BCUT2D eigenvalue weighted by Gasteiger charge is 2.28. The molecule has 1 aromatic carbocycles. The van der Waals surface area contributed by atoms with Crippen LogP contribution in [0.1, 0.15) is 33.7 Å². The lowest BCUT2D eigenvalue weighted by molar-refractivity contribution is 0.0620. The number of fused-ring (bicyclic) bond motifs is 1. The molecule has 1 amide bonds. The molecule has 2 atom stereocenters. The number of ether oxygens (including phenoxy) is 2. The zero-order valence-corrected chi connectivity index (χ0v) is 14.7. The first kappa shape index (κ1) is 16.9. The summed E-state index contributed by atoms with van der Waals surface area (Å²) in [5, 5.41) is 6.51. The average Bonchev–Trinajstić information content (AvgIpc) is 3.11. The first-order chi connectivity index (χ1) is 12.7. The molecule has 1 saturated heterocycles. The lowest BCUT2D eigenvalue weighted by atomic mass is 10.0. The SMILES string of the molecule is Cc1nccc(N[C@@H]2COCC[C@@H]2NC(=O)c2ccc3c(c2)COC3)n1. The smallest absolute Gasteiger partial charge is 0.251 e. The second kappa shape index (κ2) is 7.39. The number of benzene rings is 1. The van der Waals surface area contributed by atoms with Gasteiger partial charge in [-0.05, 0) is 42.7 Å². The van der Waals surface area contributed by atoms with Crippen LogP contribution in [0.5, 0.6) is 0 Å². The van der Waals surface area contributed by atoms with Crippen molar-refractivity contribution >= 4 is 11.7 Å². The van der Waals surface area contributed by atoms with Crippen molar-refractivity contribution in [1.29, 1.82) is 0 Å². The zero-order valence-electron chi connectivity index (χ0n) is 14.7. The molecule has 0 unspecified atom stereocenters. The first-order valence-electron chi connectivity index (χ1n) is 8.83. The van der Waals surface area contributed by atoms with Crippen LogP contribution in [0.2, 0.25) is 0 Å². The summed E-state index contributed by atoms with van der Waals surface area (Å²) in [4.78, 5) is 21.2. The number of hydrogen-bond donors (Lipinski definition) is 2. The highest BCUT2D eigenvalue weighted by Crippen LogP contribution is 2.21. The van der Waals surface area contributed by atoms with E-state index in [9.17, 15) is 4.79 Å². The van der Waals surface area contributed by atoms with E-state index in [-0.39, 0.29) is 18.0 Å². The molecule has 1 aromatic heterocycles. The van der Waals surface area contributed by atoms with E-state index in [1.165, 1.54) is 0 Å². The normalized spacial score (nSPS) is 21.9. The molecule has 2 aromatic rings. The molecule has 3 heterocycles. The number of amides is 1. The van der Waals surface area contributed by atoms with E-state index in [0.717, 1.165) is 23.4 Å². The summed E-state index contributed by atoms with van der Waals surface area (Å²) >= 11 is 0. The van der Waals surface area contributed by atoms with Gasteiger partial charge in [-0.1, -0.05) is 6.07 Å². The number of anilines is 1. The average molecular weight is 354 g/mol. The van der Waals surface area contributed by atoms with Gasteiger partial charge in [0.2, 0.25) is 0 Å². The Labute approximate surface area is 152 Å². The fraction of sp³-hybridized carbons (Fsp3) is 0.421. The summed E-state index contributed by atoms with van der Waals surface area (Å²) in [6, 6.07) is 7.50. The van der Waals surface area contributed by atoms with Gasteiger partial charge in [0, 0.05) is 18.4 Å². The van der Waals surface area contributed by atoms with Crippen molar-refractivity contribution in [3.05, 3.63) is 53.0 Å². The molecular formula is C19H22N4O3. The Morgan fingerprint density at radius 3 is 2.92 bits per heavy atom. The number of nitrogens with one attached hydrogen (secondary N) is 2. The maximum absolute atomic E-state index is 12.7. The number of nitrogens with zero attached hydrogens (tertiary/aromatic N) is 2. The minimum absolute atomic E-state index is 0.0315. The van der Waals surface area contributed by atoms with E-state index in [4.69, 9.17) is 9.47 Å². The Hall–Kier alpha value is -2.51. The predicted molar refractivity (Wildman–Crippen MR) is 95.8 cm³/mol. The molecule has 0 spiro atoms. The fourth-order valence-corrected chi connectivity index (χ4v) is 3.34. The Morgan fingerprint density at radius 2 is 2.04 bits per heavy atom. The predicted octanol–water partition coefficient (Wildman–Crippen LogP) is 1.81. The van der Waals surface area contributed by atoms with Gasteiger partial charge in [-0.25, -0.2) is 9.97 Å². The molecule has 0 saturated carbocycles. The maximum atomic E-state index is 12.7. The Bertz CT molecular complexity index is 811. The van der Waals surface area contributed by atoms with E-state index in [1.807, 2.05) is 31.2 Å². The molecule has 7 heteroatoms. The summed E-state index contributed by atoms with van der Waals surface area (Å²) in [5.74, 6) is 1.37. The van der Waals surface area contributed by atoms with Crippen LogP contribution in [-0.2, 0) is 22.7 Å². The third-order valence-electron chi connectivity index (χ3n) is 4.77. The van der Waals surface area contributed by atoms with Crippen molar-refractivity contribution in [2.75, 3.05) is 18.5 Å². The fourth-order valence-electron chi connectivity index (χ4n) is 3.34. The van der Waals surface area contributed by atoms with Crippen LogP contribution in [0, 0.1) is 6.92 Å². The minimum Gasteiger partial charge on any atom is -0.379 e.